The second-order valence-corrected chi connectivity index (χ2v) is 0.649. The second kappa shape index (κ2) is 15.7. The van der Waals surface area contributed by atoms with E-state index < -0.39 is 12.4 Å². The van der Waals surface area contributed by atoms with Crippen LogP contribution < -0.4 is 0 Å². The Morgan fingerprint density at radius 3 is 1.44 bits per heavy atom. The molecular weight excluding hydrogens is 153 g/mol. The summed E-state index contributed by atoms with van der Waals surface area (Å²) in [4.78, 5) is 0. The predicted octanol–water partition coefficient (Wildman–Crippen LogP) is 3.07. The molecule has 0 atom stereocenters. The molecular formula is C5H6ClF3. The highest BCUT2D eigenvalue weighted by Crippen LogP contribution is 1.93. The normalized spacial score (nSPS) is 4.78. The van der Waals surface area contributed by atoms with Crippen LogP contribution in [0.5, 0.6) is 0 Å². The van der Waals surface area contributed by atoms with Crippen molar-refractivity contribution in [3.8, 4) is 0 Å². The molecule has 0 aliphatic heterocycles. The lowest BCUT2D eigenvalue weighted by atomic mass is 11.0. The first-order chi connectivity index (χ1) is 3.68. The summed E-state index contributed by atoms with van der Waals surface area (Å²) in [5.41, 5.74) is 2.25. The van der Waals surface area contributed by atoms with Gasteiger partial charge in [0.1, 0.15) is 0 Å². The quantitative estimate of drug-likeness (QED) is 0.476. The lowest BCUT2D eigenvalue weighted by molar-refractivity contribution is 0.400. The lowest BCUT2D eigenvalue weighted by Crippen LogP contribution is -1.42. The van der Waals surface area contributed by atoms with Crippen molar-refractivity contribution in [3.63, 3.8) is 0 Å². The first-order valence-corrected chi connectivity index (χ1v) is 1.59. The van der Waals surface area contributed by atoms with Gasteiger partial charge in [0.05, 0.1) is 0 Å². The molecule has 0 aromatic heterocycles. The highest BCUT2D eigenvalue weighted by Gasteiger charge is 1.78. The zero-order valence-corrected chi connectivity index (χ0v) is 5.35. The van der Waals surface area contributed by atoms with Gasteiger partial charge in [-0.15, -0.1) is 18.1 Å². The SMILES string of the molecule is C=C=C.Cl.FC=C(F)F. The van der Waals surface area contributed by atoms with Crippen LogP contribution in [0.2, 0.25) is 0 Å². The van der Waals surface area contributed by atoms with Crippen LogP contribution in [-0.2, 0) is 0 Å². The van der Waals surface area contributed by atoms with E-state index in [1.807, 2.05) is 0 Å². The van der Waals surface area contributed by atoms with E-state index in [1.165, 1.54) is 0 Å². The molecule has 0 N–H and O–H groups in total. The Bertz CT molecular complexity index is 98.8. The van der Waals surface area contributed by atoms with E-state index in [0.29, 0.717) is 0 Å². The van der Waals surface area contributed by atoms with Crippen molar-refractivity contribution < 1.29 is 13.2 Å². The fourth-order valence-corrected chi connectivity index (χ4v) is 0. The van der Waals surface area contributed by atoms with Crippen LogP contribution in [-0.4, -0.2) is 0 Å². The minimum atomic E-state index is -2.29. The molecule has 0 radical (unpaired) electrons. The second-order valence-electron chi connectivity index (χ2n) is 0.649. The van der Waals surface area contributed by atoms with Crippen molar-refractivity contribution in [1.29, 1.82) is 0 Å². The topological polar surface area (TPSA) is 0 Å². The van der Waals surface area contributed by atoms with Crippen molar-refractivity contribution in [1.82, 2.24) is 0 Å². The van der Waals surface area contributed by atoms with Gasteiger partial charge in [-0.2, -0.15) is 8.78 Å². The summed E-state index contributed by atoms with van der Waals surface area (Å²) < 4.78 is 30.7. The highest BCUT2D eigenvalue weighted by molar-refractivity contribution is 5.85. The summed E-state index contributed by atoms with van der Waals surface area (Å²) in [6, 6.07) is 0. The van der Waals surface area contributed by atoms with Crippen molar-refractivity contribution in [3.05, 3.63) is 31.3 Å². The van der Waals surface area contributed by atoms with Crippen LogP contribution in [0.25, 0.3) is 0 Å². The van der Waals surface area contributed by atoms with E-state index >= 15 is 0 Å². The van der Waals surface area contributed by atoms with Crippen LogP contribution in [0, 0.1) is 0 Å². The van der Waals surface area contributed by atoms with Crippen molar-refractivity contribution >= 4 is 12.4 Å². The molecule has 0 rings (SSSR count). The molecule has 0 aromatic rings. The monoisotopic (exact) mass is 158 g/mol. The van der Waals surface area contributed by atoms with Crippen LogP contribution in [0.3, 0.4) is 0 Å². The van der Waals surface area contributed by atoms with Gasteiger partial charge in [-0.05, 0) is 0 Å². The van der Waals surface area contributed by atoms with E-state index in [4.69, 9.17) is 0 Å². The summed E-state index contributed by atoms with van der Waals surface area (Å²) in [5, 5.41) is 0. The van der Waals surface area contributed by atoms with Crippen LogP contribution in [0.1, 0.15) is 0 Å². The van der Waals surface area contributed by atoms with E-state index in [1.54, 1.807) is 0 Å². The maximum Gasteiger partial charge on any atom is 0.298 e. The third-order valence-corrected chi connectivity index (χ3v) is 0.0825. The third kappa shape index (κ3) is 117. The average molecular weight is 159 g/mol. The van der Waals surface area contributed by atoms with Gasteiger partial charge in [0, 0.05) is 0 Å². The summed E-state index contributed by atoms with van der Waals surface area (Å²) in [6.45, 7) is 6.25. The molecule has 0 saturated heterocycles. The number of halogens is 4. The zero-order chi connectivity index (χ0) is 6.99. The molecule has 0 fully saturated rings. The van der Waals surface area contributed by atoms with Gasteiger partial charge in [0.15, 0.2) is 6.33 Å². The third-order valence-electron chi connectivity index (χ3n) is 0.0825. The first kappa shape index (κ1) is 15.8. The molecule has 0 aliphatic carbocycles. The Hall–Kier alpha value is -0.660. The minimum absolute atomic E-state index is 0. The van der Waals surface area contributed by atoms with Crippen molar-refractivity contribution in [2.24, 2.45) is 0 Å². The maximum atomic E-state index is 10.2. The first-order valence-electron chi connectivity index (χ1n) is 1.59. The Balaban J connectivity index is -0.0000000800. The number of hydrogen-bond donors (Lipinski definition) is 0. The molecule has 0 saturated carbocycles. The van der Waals surface area contributed by atoms with Crippen LogP contribution in [0.15, 0.2) is 31.3 Å². The standard InChI is InChI=1S/C3H4.C2HF3.ClH/c1-3-2;3-1-2(4)5;/h1-2H2;1H;1H. The summed E-state index contributed by atoms with van der Waals surface area (Å²) in [6.07, 6.45) is -3.04. The Labute approximate surface area is 57.8 Å². The largest absolute Gasteiger partial charge is 0.298 e. The molecule has 9 heavy (non-hydrogen) atoms. The van der Waals surface area contributed by atoms with Crippen LogP contribution in [0.4, 0.5) is 13.2 Å². The summed E-state index contributed by atoms with van der Waals surface area (Å²) in [7, 11) is 0. The van der Waals surface area contributed by atoms with E-state index in [9.17, 15) is 13.2 Å². The van der Waals surface area contributed by atoms with Crippen LogP contribution >= 0.6 is 12.4 Å². The van der Waals surface area contributed by atoms with Gasteiger partial charge in [-0.3, -0.25) is 0 Å². The lowest BCUT2D eigenvalue weighted by Gasteiger charge is -1.59. The van der Waals surface area contributed by atoms with E-state index in [-0.39, 0.29) is 12.4 Å². The van der Waals surface area contributed by atoms with Gasteiger partial charge in [-0.1, -0.05) is 13.2 Å². The molecule has 54 valence electrons. The maximum absolute atomic E-state index is 10.2. The summed E-state index contributed by atoms with van der Waals surface area (Å²) >= 11 is 0. The Morgan fingerprint density at radius 1 is 1.33 bits per heavy atom. The van der Waals surface area contributed by atoms with E-state index in [0.717, 1.165) is 0 Å². The molecule has 0 aliphatic rings. The fraction of sp³-hybridized carbons (Fsp3) is 0. The minimum Gasteiger partial charge on any atom is -0.210 e. The van der Waals surface area contributed by atoms with Gasteiger partial charge >= 0.3 is 0 Å². The highest BCUT2D eigenvalue weighted by atomic mass is 35.5. The molecule has 0 aromatic carbocycles. The summed E-state index contributed by atoms with van der Waals surface area (Å²) in [5.74, 6) is 0. The van der Waals surface area contributed by atoms with Gasteiger partial charge in [0.25, 0.3) is 6.08 Å². The molecule has 0 amide bonds. The molecule has 0 bridgehead atoms. The molecule has 0 nitrogen and oxygen atoms in total. The zero-order valence-electron chi connectivity index (χ0n) is 4.53. The van der Waals surface area contributed by atoms with Gasteiger partial charge < -0.3 is 0 Å². The Morgan fingerprint density at radius 2 is 1.44 bits per heavy atom. The Kier molecular flexibility index (Phi) is 27.4. The van der Waals surface area contributed by atoms with Gasteiger partial charge in [0.2, 0.25) is 0 Å². The average Bonchev–Trinajstić information content (AvgIpc) is 1.69. The number of rotatable bonds is 0. The van der Waals surface area contributed by atoms with E-state index in [2.05, 4.69) is 18.9 Å². The molecule has 0 spiro atoms. The van der Waals surface area contributed by atoms with Crippen molar-refractivity contribution in [2.45, 2.75) is 0 Å². The number of hydrogen-bond acceptors (Lipinski definition) is 0. The predicted molar refractivity (Wildman–Crippen MR) is 33.4 cm³/mol. The molecule has 0 unspecified atom stereocenters. The van der Waals surface area contributed by atoms with Crippen molar-refractivity contribution in [2.75, 3.05) is 0 Å². The molecule has 4 heteroatoms. The van der Waals surface area contributed by atoms with Gasteiger partial charge in [-0.25, -0.2) is 4.39 Å². The molecule has 0 heterocycles. The smallest absolute Gasteiger partial charge is 0.210 e. The fourth-order valence-electron chi connectivity index (χ4n) is 0.